The predicted octanol–water partition coefficient (Wildman–Crippen LogP) is 2.03. The lowest BCUT2D eigenvalue weighted by atomic mass is 9.99. The summed E-state index contributed by atoms with van der Waals surface area (Å²) in [5.74, 6) is -1.79. The topological polar surface area (TPSA) is 60.9 Å². The molecule has 0 bridgehead atoms. The van der Waals surface area contributed by atoms with Gasteiger partial charge in [-0.2, -0.15) is 0 Å². The number of carbonyl (C=O) groups is 2. The average Bonchev–Trinajstić information content (AvgIpc) is 2.80. The summed E-state index contributed by atoms with van der Waals surface area (Å²) in [6.07, 6.45) is 0. The minimum atomic E-state index is -0.870. The highest BCUT2D eigenvalue weighted by atomic mass is 19.1. The van der Waals surface area contributed by atoms with Crippen LogP contribution in [-0.4, -0.2) is 47.0 Å². The van der Waals surface area contributed by atoms with E-state index in [1.807, 2.05) is 6.92 Å². The number of likely N-dealkylation sites (tertiary alicyclic amines) is 1. The second-order valence-corrected chi connectivity index (χ2v) is 5.60. The van der Waals surface area contributed by atoms with Crippen LogP contribution >= 0.6 is 0 Å². The molecule has 1 fully saturated rings. The summed E-state index contributed by atoms with van der Waals surface area (Å²) in [6.45, 7) is 2.78. The van der Waals surface area contributed by atoms with Crippen molar-refractivity contribution in [3.8, 4) is 0 Å². The van der Waals surface area contributed by atoms with Crippen molar-refractivity contribution in [2.75, 3.05) is 20.1 Å². The molecule has 1 saturated heterocycles. The first-order chi connectivity index (χ1) is 9.88. The van der Waals surface area contributed by atoms with Gasteiger partial charge in [0.05, 0.1) is 5.92 Å². The van der Waals surface area contributed by atoms with Crippen molar-refractivity contribution in [2.45, 2.75) is 13.5 Å². The van der Waals surface area contributed by atoms with Crippen LogP contribution in [0.3, 0.4) is 0 Å². The lowest BCUT2D eigenvalue weighted by Gasteiger charge is -2.24. The molecule has 5 nitrogen and oxygen atoms in total. The molecule has 2 rings (SSSR count). The third kappa shape index (κ3) is 3.51. The summed E-state index contributed by atoms with van der Waals surface area (Å²) < 4.78 is 13.1. The van der Waals surface area contributed by atoms with Gasteiger partial charge >= 0.3 is 12.0 Å². The van der Waals surface area contributed by atoms with Crippen LogP contribution in [-0.2, 0) is 11.3 Å². The fraction of sp³-hybridized carbons (Fsp3) is 0.467. The first kappa shape index (κ1) is 15.3. The first-order valence-corrected chi connectivity index (χ1v) is 6.85. The van der Waals surface area contributed by atoms with Gasteiger partial charge in [0.25, 0.3) is 0 Å². The Bertz CT molecular complexity index is 549. The Kier molecular flexibility index (Phi) is 4.45. The standard InChI is InChI=1S/C15H19FN2O3/c1-10-7-18(9-13(10)14(19)20)15(21)17(2)8-11-4-3-5-12(16)6-11/h3-6,10,13H,7-9H2,1-2H3,(H,19,20)/t10-,13-/m1/s1. The summed E-state index contributed by atoms with van der Waals surface area (Å²) in [5, 5.41) is 9.09. The van der Waals surface area contributed by atoms with Crippen molar-refractivity contribution in [2.24, 2.45) is 11.8 Å². The normalized spacial score (nSPS) is 21.4. The van der Waals surface area contributed by atoms with Crippen molar-refractivity contribution in [1.29, 1.82) is 0 Å². The molecule has 114 valence electrons. The Morgan fingerprint density at radius 2 is 2.14 bits per heavy atom. The highest BCUT2D eigenvalue weighted by Crippen LogP contribution is 2.24. The second-order valence-electron chi connectivity index (χ2n) is 5.60. The van der Waals surface area contributed by atoms with E-state index in [-0.39, 0.29) is 24.3 Å². The quantitative estimate of drug-likeness (QED) is 0.928. The molecular weight excluding hydrogens is 275 g/mol. The van der Waals surface area contributed by atoms with E-state index in [0.29, 0.717) is 18.7 Å². The second kappa shape index (κ2) is 6.11. The number of nitrogens with zero attached hydrogens (tertiary/aromatic N) is 2. The predicted molar refractivity (Wildman–Crippen MR) is 75.1 cm³/mol. The summed E-state index contributed by atoms with van der Waals surface area (Å²) in [6, 6.07) is 5.86. The van der Waals surface area contributed by atoms with E-state index in [0.717, 1.165) is 0 Å². The molecule has 0 unspecified atom stereocenters. The Morgan fingerprint density at radius 3 is 2.71 bits per heavy atom. The van der Waals surface area contributed by atoms with E-state index < -0.39 is 11.9 Å². The fourth-order valence-electron chi connectivity index (χ4n) is 2.66. The number of hydrogen-bond acceptors (Lipinski definition) is 2. The number of aliphatic carboxylic acids is 1. The number of carbonyl (C=O) groups excluding carboxylic acids is 1. The molecule has 1 aromatic carbocycles. The Morgan fingerprint density at radius 1 is 1.43 bits per heavy atom. The fourth-order valence-corrected chi connectivity index (χ4v) is 2.66. The maximum absolute atomic E-state index is 13.1. The van der Waals surface area contributed by atoms with Crippen LogP contribution < -0.4 is 0 Å². The third-order valence-electron chi connectivity index (χ3n) is 3.84. The van der Waals surface area contributed by atoms with E-state index in [9.17, 15) is 14.0 Å². The van der Waals surface area contributed by atoms with Crippen LogP contribution in [0.25, 0.3) is 0 Å². The van der Waals surface area contributed by atoms with Crippen molar-refractivity contribution < 1.29 is 19.1 Å². The van der Waals surface area contributed by atoms with Gasteiger partial charge in [-0.1, -0.05) is 19.1 Å². The largest absolute Gasteiger partial charge is 0.481 e. The van der Waals surface area contributed by atoms with E-state index in [2.05, 4.69) is 0 Å². The smallest absolute Gasteiger partial charge is 0.320 e. The van der Waals surface area contributed by atoms with E-state index in [1.54, 1.807) is 24.1 Å². The summed E-state index contributed by atoms with van der Waals surface area (Å²) in [5.41, 5.74) is 0.702. The van der Waals surface area contributed by atoms with E-state index >= 15 is 0 Å². The van der Waals surface area contributed by atoms with Gasteiger partial charge in [0.1, 0.15) is 5.82 Å². The van der Waals surface area contributed by atoms with Crippen molar-refractivity contribution in [1.82, 2.24) is 9.80 Å². The highest BCUT2D eigenvalue weighted by molar-refractivity contribution is 5.77. The highest BCUT2D eigenvalue weighted by Gasteiger charge is 2.37. The molecule has 0 aliphatic carbocycles. The van der Waals surface area contributed by atoms with Crippen molar-refractivity contribution in [3.05, 3.63) is 35.6 Å². The maximum atomic E-state index is 13.1. The lowest BCUT2D eigenvalue weighted by molar-refractivity contribution is -0.142. The van der Waals surface area contributed by atoms with Gasteiger partial charge in [0.2, 0.25) is 0 Å². The van der Waals surface area contributed by atoms with Gasteiger partial charge in [-0.05, 0) is 23.6 Å². The average molecular weight is 294 g/mol. The van der Waals surface area contributed by atoms with Crippen molar-refractivity contribution >= 4 is 12.0 Å². The number of benzene rings is 1. The molecule has 0 aromatic heterocycles. The molecule has 0 spiro atoms. The number of rotatable bonds is 3. The lowest BCUT2D eigenvalue weighted by Crippen LogP contribution is -2.40. The van der Waals surface area contributed by atoms with Gasteiger partial charge in [-0.25, -0.2) is 9.18 Å². The molecule has 1 heterocycles. The Labute approximate surface area is 123 Å². The zero-order chi connectivity index (χ0) is 15.6. The number of halogens is 1. The molecule has 2 amide bonds. The molecule has 1 aromatic rings. The molecule has 6 heteroatoms. The van der Waals surface area contributed by atoms with Crippen LogP contribution in [0.2, 0.25) is 0 Å². The Hall–Kier alpha value is -2.11. The minimum Gasteiger partial charge on any atom is -0.481 e. The van der Waals surface area contributed by atoms with Gasteiger partial charge in [0.15, 0.2) is 0 Å². The number of amides is 2. The van der Waals surface area contributed by atoms with Crippen LogP contribution in [0.15, 0.2) is 24.3 Å². The van der Waals surface area contributed by atoms with Crippen LogP contribution in [0, 0.1) is 17.7 Å². The molecule has 0 saturated carbocycles. The number of urea groups is 1. The summed E-state index contributed by atoms with van der Waals surface area (Å²) in [4.78, 5) is 26.4. The summed E-state index contributed by atoms with van der Waals surface area (Å²) >= 11 is 0. The molecule has 0 radical (unpaired) electrons. The molecule has 2 atom stereocenters. The molecule has 21 heavy (non-hydrogen) atoms. The Balaban J connectivity index is 1.99. The SMILES string of the molecule is C[C@@H]1CN(C(=O)N(C)Cc2cccc(F)c2)C[C@H]1C(=O)O. The minimum absolute atomic E-state index is 0.0611. The van der Waals surface area contributed by atoms with Crippen LogP contribution in [0.1, 0.15) is 12.5 Å². The van der Waals surface area contributed by atoms with Crippen LogP contribution in [0.5, 0.6) is 0 Å². The maximum Gasteiger partial charge on any atom is 0.320 e. The van der Waals surface area contributed by atoms with E-state index in [1.165, 1.54) is 17.0 Å². The monoisotopic (exact) mass is 294 g/mol. The third-order valence-corrected chi connectivity index (χ3v) is 3.84. The number of carboxylic acids is 1. The summed E-state index contributed by atoms with van der Waals surface area (Å²) in [7, 11) is 1.63. The molecule has 1 aliphatic rings. The van der Waals surface area contributed by atoms with Gasteiger partial charge in [-0.15, -0.1) is 0 Å². The zero-order valence-electron chi connectivity index (χ0n) is 12.1. The van der Waals surface area contributed by atoms with Gasteiger partial charge < -0.3 is 14.9 Å². The van der Waals surface area contributed by atoms with E-state index in [4.69, 9.17) is 5.11 Å². The van der Waals surface area contributed by atoms with Crippen molar-refractivity contribution in [3.63, 3.8) is 0 Å². The van der Waals surface area contributed by atoms with Gasteiger partial charge in [-0.3, -0.25) is 4.79 Å². The zero-order valence-corrected chi connectivity index (χ0v) is 12.1. The molecule has 1 N–H and O–H groups in total. The van der Waals surface area contributed by atoms with Gasteiger partial charge in [0, 0.05) is 26.7 Å². The first-order valence-electron chi connectivity index (χ1n) is 6.85. The molecule has 1 aliphatic heterocycles. The number of carboxylic acid groups (broad SMARTS) is 1. The molecular formula is C15H19FN2O3. The van der Waals surface area contributed by atoms with Crippen LogP contribution in [0.4, 0.5) is 9.18 Å². The number of hydrogen-bond donors (Lipinski definition) is 1.